The van der Waals surface area contributed by atoms with Crippen molar-refractivity contribution in [3.05, 3.63) is 29.3 Å². The highest BCUT2D eigenvalue weighted by atomic mass is 32.1. The molecule has 0 radical (unpaired) electrons. The molecule has 0 fully saturated rings. The van der Waals surface area contributed by atoms with Crippen LogP contribution in [0.5, 0.6) is 0 Å². The largest absolute Gasteiger partial charge is 0.465 e. The number of carboxylic acid groups (broad SMARTS) is 1. The highest BCUT2D eigenvalue weighted by molar-refractivity contribution is 7.14. The third kappa shape index (κ3) is 3.92. The fourth-order valence-electron chi connectivity index (χ4n) is 1.37. The van der Waals surface area contributed by atoms with Gasteiger partial charge in [0.1, 0.15) is 12.2 Å². The molecular formula is C11H8F2N4O3S. The van der Waals surface area contributed by atoms with Crippen molar-refractivity contribution in [2.45, 2.75) is 0 Å². The summed E-state index contributed by atoms with van der Waals surface area (Å²) >= 11 is 0.530. The van der Waals surface area contributed by atoms with Gasteiger partial charge in [-0.3, -0.25) is 4.79 Å². The molecule has 110 valence electrons. The lowest BCUT2D eigenvalue weighted by Crippen LogP contribution is -2.31. The number of amides is 2. The average molecular weight is 314 g/mol. The van der Waals surface area contributed by atoms with E-state index in [1.807, 2.05) is 5.32 Å². The van der Waals surface area contributed by atoms with Crippen molar-refractivity contribution in [1.82, 2.24) is 15.3 Å². The van der Waals surface area contributed by atoms with Gasteiger partial charge in [0.05, 0.1) is 5.69 Å². The third-order valence-electron chi connectivity index (χ3n) is 2.19. The van der Waals surface area contributed by atoms with Gasteiger partial charge in [-0.15, -0.1) is 0 Å². The second-order valence-corrected chi connectivity index (χ2v) is 4.64. The summed E-state index contributed by atoms with van der Waals surface area (Å²) in [6.07, 6.45) is -1.36. The van der Waals surface area contributed by atoms with Gasteiger partial charge < -0.3 is 15.7 Å². The number of rotatable bonds is 4. The quantitative estimate of drug-likeness (QED) is 0.745. The zero-order valence-electron chi connectivity index (χ0n) is 10.3. The molecule has 2 aromatic heterocycles. The van der Waals surface area contributed by atoms with Gasteiger partial charge in [0.2, 0.25) is 17.0 Å². The molecule has 0 aliphatic carbocycles. The van der Waals surface area contributed by atoms with Crippen LogP contribution in [0.25, 0.3) is 11.4 Å². The molecule has 3 N–H and O–H groups in total. The Labute approximate surface area is 120 Å². The minimum Gasteiger partial charge on any atom is -0.465 e. The van der Waals surface area contributed by atoms with Crippen molar-refractivity contribution < 1.29 is 23.5 Å². The Kier molecular flexibility index (Phi) is 4.38. The predicted molar refractivity (Wildman–Crippen MR) is 69.9 cm³/mol. The first-order chi connectivity index (χ1) is 9.95. The molecule has 0 spiro atoms. The molecule has 0 saturated heterocycles. The van der Waals surface area contributed by atoms with Crippen molar-refractivity contribution in [3.63, 3.8) is 0 Å². The van der Waals surface area contributed by atoms with Gasteiger partial charge in [-0.05, 0) is 12.1 Å². The van der Waals surface area contributed by atoms with Crippen LogP contribution in [0.15, 0.2) is 18.2 Å². The van der Waals surface area contributed by atoms with Crippen LogP contribution in [0.2, 0.25) is 0 Å². The molecule has 0 aromatic carbocycles. The number of carbonyl (C=O) groups is 2. The van der Waals surface area contributed by atoms with Crippen molar-refractivity contribution in [1.29, 1.82) is 0 Å². The number of nitrogens with zero attached hydrogens (tertiary/aromatic N) is 2. The van der Waals surface area contributed by atoms with E-state index in [1.54, 1.807) is 0 Å². The Hall–Kier alpha value is -2.62. The van der Waals surface area contributed by atoms with Gasteiger partial charge in [0, 0.05) is 0 Å². The van der Waals surface area contributed by atoms with Crippen molar-refractivity contribution in [3.8, 4) is 11.4 Å². The number of anilines is 1. The predicted octanol–water partition coefficient (Wildman–Crippen LogP) is 1.69. The van der Waals surface area contributed by atoms with Crippen molar-refractivity contribution >= 4 is 28.5 Å². The lowest BCUT2D eigenvalue weighted by atomic mass is 10.3. The molecule has 2 rings (SSSR count). The Morgan fingerprint density at radius 1 is 1.29 bits per heavy atom. The van der Waals surface area contributed by atoms with Gasteiger partial charge >= 0.3 is 6.09 Å². The number of halogens is 2. The summed E-state index contributed by atoms with van der Waals surface area (Å²) in [5.74, 6) is -1.49. The second-order valence-electron chi connectivity index (χ2n) is 3.69. The van der Waals surface area contributed by atoms with E-state index in [-0.39, 0.29) is 16.5 Å². The fourth-order valence-corrected chi connectivity index (χ4v) is 2.09. The smallest absolute Gasteiger partial charge is 0.405 e. The van der Waals surface area contributed by atoms with Gasteiger partial charge in [-0.2, -0.15) is 8.78 Å². The van der Waals surface area contributed by atoms with Crippen LogP contribution in [0, 0.1) is 11.1 Å². The average Bonchev–Trinajstić information content (AvgIpc) is 2.77. The van der Waals surface area contributed by atoms with Crippen LogP contribution in [0.3, 0.4) is 0 Å². The highest BCUT2D eigenvalue weighted by Gasteiger charge is 2.16. The van der Waals surface area contributed by atoms with Crippen molar-refractivity contribution in [2.24, 2.45) is 0 Å². The number of hydrogen-bond acceptors (Lipinski definition) is 5. The number of aromatic nitrogens is 2. The van der Waals surface area contributed by atoms with Crippen LogP contribution < -0.4 is 10.6 Å². The molecule has 0 bridgehead atoms. The van der Waals surface area contributed by atoms with Crippen LogP contribution in [0.4, 0.5) is 18.7 Å². The molecule has 7 nitrogen and oxygen atoms in total. The summed E-state index contributed by atoms with van der Waals surface area (Å²) in [4.78, 5) is 28.9. The first kappa shape index (κ1) is 14.8. The molecule has 0 aliphatic rings. The Balaban J connectivity index is 2.12. The summed E-state index contributed by atoms with van der Waals surface area (Å²) < 4.78 is 26.7. The summed E-state index contributed by atoms with van der Waals surface area (Å²) in [6.45, 7) is -0.496. The molecule has 10 heteroatoms. The molecule has 21 heavy (non-hydrogen) atoms. The van der Waals surface area contributed by atoms with Gasteiger partial charge in [0.25, 0.3) is 0 Å². The summed E-state index contributed by atoms with van der Waals surface area (Å²) in [5.41, 5.74) is -0.200. The Bertz CT molecular complexity index is 692. The minimum atomic E-state index is -1.36. The lowest BCUT2D eigenvalue weighted by molar-refractivity contribution is -0.115. The normalized spacial score (nSPS) is 10.2. The zero-order valence-corrected chi connectivity index (χ0v) is 11.1. The van der Waals surface area contributed by atoms with Crippen molar-refractivity contribution in [2.75, 3.05) is 11.9 Å². The van der Waals surface area contributed by atoms with Gasteiger partial charge in [0.15, 0.2) is 5.13 Å². The summed E-state index contributed by atoms with van der Waals surface area (Å²) in [5, 5.41) is 11.6. The van der Waals surface area contributed by atoms with E-state index in [2.05, 4.69) is 15.3 Å². The maximum atomic E-state index is 13.7. The lowest BCUT2D eigenvalue weighted by Gasteiger charge is -2.00. The first-order valence-corrected chi connectivity index (χ1v) is 6.33. The molecule has 2 heterocycles. The number of nitrogens with one attached hydrogen (secondary N) is 2. The van der Waals surface area contributed by atoms with Crippen LogP contribution >= 0.6 is 11.3 Å². The number of hydrogen-bond donors (Lipinski definition) is 3. The van der Waals surface area contributed by atoms with Gasteiger partial charge in [-0.25, -0.2) is 14.8 Å². The molecular weight excluding hydrogens is 306 g/mol. The van der Waals surface area contributed by atoms with Crippen LogP contribution in [-0.4, -0.2) is 33.6 Å². The molecule has 2 amide bonds. The zero-order chi connectivity index (χ0) is 15.4. The minimum absolute atomic E-state index is 0.00656. The van der Waals surface area contributed by atoms with E-state index in [1.165, 1.54) is 12.1 Å². The van der Waals surface area contributed by atoms with Crippen LogP contribution in [0.1, 0.15) is 0 Å². The molecule has 0 saturated carbocycles. The monoisotopic (exact) mass is 314 g/mol. The maximum Gasteiger partial charge on any atom is 0.405 e. The number of thiazole rings is 1. The molecule has 2 aromatic rings. The number of pyridine rings is 1. The third-order valence-corrected chi connectivity index (χ3v) is 2.95. The SMILES string of the molecule is O=C(O)NCC(=O)Nc1nc(-c2cccc(F)n2)c(F)s1. The molecule has 0 atom stereocenters. The Morgan fingerprint density at radius 3 is 2.71 bits per heavy atom. The topological polar surface area (TPSA) is 104 Å². The first-order valence-electron chi connectivity index (χ1n) is 5.51. The van der Waals surface area contributed by atoms with E-state index >= 15 is 0 Å². The molecule has 0 aliphatic heterocycles. The maximum absolute atomic E-state index is 13.7. The Morgan fingerprint density at radius 2 is 2.05 bits per heavy atom. The highest BCUT2D eigenvalue weighted by Crippen LogP contribution is 2.28. The van der Waals surface area contributed by atoms with E-state index in [0.717, 1.165) is 6.07 Å². The van der Waals surface area contributed by atoms with E-state index in [4.69, 9.17) is 5.11 Å². The summed E-state index contributed by atoms with van der Waals surface area (Å²) in [6, 6.07) is 3.83. The van der Waals surface area contributed by atoms with Gasteiger partial charge in [-0.1, -0.05) is 17.4 Å². The standard InChI is InChI=1S/C11H8F2N4O3S/c12-6-3-1-2-5(15-6)8-9(13)21-10(17-8)16-7(18)4-14-11(19)20/h1-3,14H,4H2,(H,19,20)(H,16,17,18). The van der Waals surface area contributed by atoms with E-state index < -0.39 is 29.6 Å². The second kappa shape index (κ2) is 6.22. The summed E-state index contributed by atoms with van der Waals surface area (Å²) in [7, 11) is 0. The molecule has 0 unspecified atom stereocenters. The number of carbonyl (C=O) groups excluding carboxylic acids is 1. The van der Waals surface area contributed by atoms with Crippen LogP contribution in [-0.2, 0) is 4.79 Å². The van der Waals surface area contributed by atoms with E-state index in [9.17, 15) is 18.4 Å². The van der Waals surface area contributed by atoms with E-state index in [0.29, 0.717) is 11.3 Å². The fraction of sp³-hybridized carbons (Fsp3) is 0.0909.